The van der Waals surface area contributed by atoms with Crippen LogP contribution in [0.25, 0.3) is 0 Å². The van der Waals surface area contributed by atoms with Gasteiger partial charge in [0, 0.05) is 12.3 Å². The first-order valence-corrected chi connectivity index (χ1v) is 4.47. The van der Waals surface area contributed by atoms with E-state index in [0.717, 1.165) is 12.0 Å². The van der Waals surface area contributed by atoms with Crippen molar-refractivity contribution in [3.8, 4) is 0 Å². The second kappa shape index (κ2) is 2.95. The summed E-state index contributed by atoms with van der Waals surface area (Å²) in [4.78, 5) is 11.1. The van der Waals surface area contributed by atoms with Gasteiger partial charge in [-0.15, -0.1) is 0 Å². The molecule has 1 saturated carbocycles. The first-order valence-electron chi connectivity index (χ1n) is 4.47. The number of rotatable bonds is 1. The average molecular weight is 178 g/mol. The van der Waals surface area contributed by atoms with Crippen LogP contribution in [0.15, 0.2) is 18.2 Å². The SMILES string of the molecule is Cc1ccc(C2CCC2=O)cc1F. The minimum atomic E-state index is -0.211. The summed E-state index contributed by atoms with van der Waals surface area (Å²) in [6.45, 7) is 1.72. The van der Waals surface area contributed by atoms with E-state index in [2.05, 4.69) is 0 Å². The van der Waals surface area contributed by atoms with Crippen molar-refractivity contribution in [2.24, 2.45) is 0 Å². The molecule has 0 aliphatic heterocycles. The van der Waals surface area contributed by atoms with Gasteiger partial charge < -0.3 is 0 Å². The molecular weight excluding hydrogens is 167 g/mol. The molecule has 2 heteroatoms. The standard InChI is InChI=1S/C11H11FO/c1-7-2-3-8(6-10(7)12)9-4-5-11(9)13/h2-3,6,9H,4-5H2,1H3. The number of benzene rings is 1. The van der Waals surface area contributed by atoms with Crippen molar-refractivity contribution < 1.29 is 9.18 Å². The third-order valence-electron chi connectivity index (χ3n) is 2.67. The van der Waals surface area contributed by atoms with Crippen LogP contribution >= 0.6 is 0 Å². The second-order valence-electron chi connectivity index (χ2n) is 3.57. The molecule has 2 rings (SSSR count). The highest BCUT2D eigenvalue weighted by Crippen LogP contribution is 2.33. The van der Waals surface area contributed by atoms with E-state index >= 15 is 0 Å². The zero-order chi connectivity index (χ0) is 9.42. The molecule has 0 bridgehead atoms. The van der Waals surface area contributed by atoms with Gasteiger partial charge in [-0.25, -0.2) is 4.39 Å². The fourth-order valence-electron chi connectivity index (χ4n) is 1.58. The van der Waals surface area contributed by atoms with Crippen LogP contribution in [0.4, 0.5) is 4.39 Å². The van der Waals surface area contributed by atoms with Crippen LogP contribution in [0.2, 0.25) is 0 Å². The lowest BCUT2D eigenvalue weighted by Gasteiger charge is -2.24. The Morgan fingerprint density at radius 3 is 2.69 bits per heavy atom. The Balaban J connectivity index is 2.31. The van der Waals surface area contributed by atoms with E-state index in [1.807, 2.05) is 6.07 Å². The Bertz CT molecular complexity index is 357. The predicted molar refractivity (Wildman–Crippen MR) is 48.1 cm³/mol. The molecule has 1 aromatic carbocycles. The summed E-state index contributed by atoms with van der Waals surface area (Å²) >= 11 is 0. The molecule has 1 nitrogen and oxygen atoms in total. The van der Waals surface area contributed by atoms with Gasteiger partial charge in [0.15, 0.2) is 0 Å². The van der Waals surface area contributed by atoms with Crippen LogP contribution in [0, 0.1) is 12.7 Å². The molecule has 0 radical (unpaired) electrons. The minimum Gasteiger partial charge on any atom is -0.299 e. The fourth-order valence-corrected chi connectivity index (χ4v) is 1.58. The van der Waals surface area contributed by atoms with E-state index in [4.69, 9.17) is 0 Å². The van der Waals surface area contributed by atoms with Crippen LogP contribution in [0.5, 0.6) is 0 Å². The van der Waals surface area contributed by atoms with Gasteiger partial charge in [0.1, 0.15) is 11.6 Å². The zero-order valence-electron chi connectivity index (χ0n) is 7.51. The second-order valence-corrected chi connectivity index (χ2v) is 3.57. The van der Waals surface area contributed by atoms with E-state index in [9.17, 15) is 9.18 Å². The fraction of sp³-hybridized carbons (Fsp3) is 0.364. The lowest BCUT2D eigenvalue weighted by Crippen LogP contribution is -2.23. The lowest BCUT2D eigenvalue weighted by atomic mass is 9.78. The topological polar surface area (TPSA) is 17.1 Å². The maximum absolute atomic E-state index is 13.1. The summed E-state index contributed by atoms with van der Waals surface area (Å²) in [6.07, 6.45) is 1.53. The summed E-state index contributed by atoms with van der Waals surface area (Å²) in [6, 6.07) is 5.06. The number of aryl methyl sites for hydroxylation is 1. The largest absolute Gasteiger partial charge is 0.299 e. The molecule has 0 heterocycles. The molecule has 0 saturated heterocycles. The van der Waals surface area contributed by atoms with Crippen molar-refractivity contribution in [3.63, 3.8) is 0 Å². The highest BCUT2D eigenvalue weighted by molar-refractivity contribution is 5.91. The van der Waals surface area contributed by atoms with Crippen LogP contribution in [-0.4, -0.2) is 5.78 Å². The molecule has 1 fully saturated rings. The van der Waals surface area contributed by atoms with Crippen molar-refractivity contribution >= 4 is 5.78 Å². The van der Waals surface area contributed by atoms with Gasteiger partial charge in [-0.2, -0.15) is 0 Å². The van der Waals surface area contributed by atoms with Gasteiger partial charge in [0.25, 0.3) is 0 Å². The van der Waals surface area contributed by atoms with Gasteiger partial charge >= 0.3 is 0 Å². The number of hydrogen-bond donors (Lipinski definition) is 0. The molecule has 1 unspecified atom stereocenters. The van der Waals surface area contributed by atoms with Gasteiger partial charge in [-0.3, -0.25) is 4.79 Å². The molecule has 68 valence electrons. The molecule has 0 aromatic heterocycles. The predicted octanol–water partition coefficient (Wildman–Crippen LogP) is 2.58. The van der Waals surface area contributed by atoms with Crippen molar-refractivity contribution in [3.05, 3.63) is 35.1 Å². The van der Waals surface area contributed by atoms with E-state index in [-0.39, 0.29) is 17.5 Å². The van der Waals surface area contributed by atoms with E-state index in [0.29, 0.717) is 12.0 Å². The molecule has 1 aliphatic carbocycles. The molecule has 0 N–H and O–H groups in total. The number of Topliss-reactive ketones (excluding diaryl/α,β-unsaturated/α-hetero) is 1. The van der Waals surface area contributed by atoms with E-state index < -0.39 is 0 Å². The minimum absolute atomic E-state index is 0.0323. The average Bonchev–Trinajstić information content (AvgIpc) is 2.09. The smallest absolute Gasteiger partial charge is 0.140 e. The van der Waals surface area contributed by atoms with Crippen molar-refractivity contribution in [1.82, 2.24) is 0 Å². The highest BCUT2D eigenvalue weighted by Gasteiger charge is 2.29. The number of carbonyl (C=O) groups is 1. The van der Waals surface area contributed by atoms with Crippen LogP contribution in [-0.2, 0) is 4.79 Å². The van der Waals surface area contributed by atoms with Gasteiger partial charge in [0.2, 0.25) is 0 Å². The Morgan fingerprint density at radius 1 is 1.46 bits per heavy atom. The first kappa shape index (κ1) is 8.42. The molecule has 13 heavy (non-hydrogen) atoms. The number of ketones is 1. The lowest BCUT2D eigenvalue weighted by molar-refractivity contribution is -0.125. The Hall–Kier alpha value is -1.18. The summed E-state index contributed by atoms with van der Waals surface area (Å²) in [7, 11) is 0. The van der Waals surface area contributed by atoms with Crippen molar-refractivity contribution in [2.75, 3.05) is 0 Å². The summed E-state index contributed by atoms with van der Waals surface area (Å²) in [5, 5.41) is 0. The summed E-state index contributed by atoms with van der Waals surface area (Å²) in [5.74, 6) is -0.00412. The van der Waals surface area contributed by atoms with Crippen molar-refractivity contribution in [1.29, 1.82) is 0 Å². The summed E-state index contributed by atoms with van der Waals surface area (Å²) < 4.78 is 13.1. The maximum Gasteiger partial charge on any atom is 0.140 e. The number of halogens is 1. The van der Waals surface area contributed by atoms with Crippen LogP contribution < -0.4 is 0 Å². The van der Waals surface area contributed by atoms with Crippen LogP contribution in [0.1, 0.15) is 29.9 Å². The van der Waals surface area contributed by atoms with Gasteiger partial charge in [0.05, 0.1) is 0 Å². The van der Waals surface area contributed by atoms with Gasteiger partial charge in [-0.05, 0) is 30.5 Å². The van der Waals surface area contributed by atoms with E-state index in [1.165, 1.54) is 6.07 Å². The number of carbonyl (C=O) groups excluding carboxylic acids is 1. The molecular formula is C11H11FO. The summed E-state index contributed by atoms with van der Waals surface area (Å²) in [5.41, 5.74) is 1.47. The Labute approximate surface area is 76.6 Å². The highest BCUT2D eigenvalue weighted by atomic mass is 19.1. The Kier molecular flexibility index (Phi) is 1.91. The van der Waals surface area contributed by atoms with Gasteiger partial charge in [-0.1, -0.05) is 12.1 Å². The molecule has 1 aliphatic rings. The zero-order valence-corrected chi connectivity index (χ0v) is 7.51. The normalized spacial score (nSPS) is 21.4. The molecule has 0 amide bonds. The monoisotopic (exact) mass is 178 g/mol. The first-order chi connectivity index (χ1) is 6.18. The molecule has 1 atom stereocenters. The molecule has 0 spiro atoms. The van der Waals surface area contributed by atoms with E-state index in [1.54, 1.807) is 13.0 Å². The van der Waals surface area contributed by atoms with Crippen molar-refractivity contribution in [2.45, 2.75) is 25.7 Å². The van der Waals surface area contributed by atoms with Crippen LogP contribution in [0.3, 0.4) is 0 Å². The number of hydrogen-bond acceptors (Lipinski definition) is 1. The third kappa shape index (κ3) is 1.37. The third-order valence-corrected chi connectivity index (χ3v) is 2.67. The molecule has 1 aromatic rings. The quantitative estimate of drug-likeness (QED) is 0.646. The Morgan fingerprint density at radius 2 is 2.23 bits per heavy atom. The maximum atomic E-state index is 13.1.